The van der Waals surface area contributed by atoms with E-state index in [1.54, 1.807) is 0 Å². The van der Waals surface area contributed by atoms with Crippen LogP contribution in [0.1, 0.15) is 52.4 Å². The topological polar surface area (TPSA) is 20.2 Å². The zero-order chi connectivity index (χ0) is 10.7. The van der Waals surface area contributed by atoms with E-state index < -0.39 is 0 Å². The molecule has 4 fully saturated rings. The zero-order valence-corrected chi connectivity index (χ0v) is 10.1. The third kappa shape index (κ3) is 1.13. The van der Waals surface area contributed by atoms with Crippen LogP contribution in [0.5, 0.6) is 0 Å². The molecule has 3 unspecified atom stereocenters. The van der Waals surface area contributed by atoms with Gasteiger partial charge in [0.25, 0.3) is 0 Å². The van der Waals surface area contributed by atoms with Gasteiger partial charge in [-0.1, -0.05) is 20.3 Å². The predicted molar refractivity (Wildman–Crippen MR) is 61.5 cm³/mol. The Labute approximate surface area is 93.3 Å². The third-order valence-electron chi connectivity index (χ3n) is 6.31. The van der Waals surface area contributed by atoms with Crippen molar-refractivity contribution in [3.63, 3.8) is 0 Å². The van der Waals surface area contributed by atoms with Crippen LogP contribution in [-0.2, 0) is 0 Å². The monoisotopic (exact) mass is 208 g/mol. The van der Waals surface area contributed by atoms with E-state index in [1.807, 2.05) is 0 Å². The van der Waals surface area contributed by atoms with Crippen molar-refractivity contribution < 1.29 is 5.11 Å². The number of aliphatic hydroxyl groups excluding tert-OH is 1. The van der Waals surface area contributed by atoms with Crippen LogP contribution in [0.25, 0.3) is 0 Å². The molecule has 1 nitrogen and oxygen atoms in total. The zero-order valence-electron chi connectivity index (χ0n) is 10.1. The predicted octanol–water partition coefficient (Wildman–Crippen LogP) is 3.22. The van der Waals surface area contributed by atoms with E-state index in [4.69, 9.17) is 0 Å². The lowest BCUT2D eigenvalue weighted by Crippen LogP contribution is -2.58. The Balaban J connectivity index is 1.82. The van der Waals surface area contributed by atoms with Crippen LogP contribution in [0, 0.1) is 28.6 Å². The average molecular weight is 208 g/mol. The number of hydrogen-bond acceptors (Lipinski definition) is 1. The molecule has 0 radical (unpaired) electrons. The van der Waals surface area contributed by atoms with Gasteiger partial charge in [-0.05, 0) is 60.7 Å². The first-order valence-electron chi connectivity index (χ1n) is 6.71. The van der Waals surface area contributed by atoms with E-state index in [0.717, 1.165) is 17.8 Å². The molecule has 1 N–H and O–H groups in total. The van der Waals surface area contributed by atoms with Crippen LogP contribution >= 0.6 is 0 Å². The standard InChI is InChI=1S/C14H24O/c1-13(2)10-4-5-11(12(13)8-10)14(9-15)6-3-7-14/h10-12,15H,3-9H2,1-2H3. The molecule has 0 aliphatic heterocycles. The maximum atomic E-state index is 9.69. The lowest BCUT2D eigenvalue weighted by molar-refractivity contribution is -0.173. The second kappa shape index (κ2) is 3.00. The van der Waals surface area contributed by atoms with Gasteiger partial charge in [0, 0.05) is 6.61 Å². The molecule has 4 saturated carbocycles. The van der Waals surface area contributed by atoms with Crippen molar-refractivity contribution in [1.29, 1.82) is 0 Å². The summed E-state index contributed by atoms with van der Waals surface area (Å²) in [7, 11) is 0. The molecule has 4 rings (SSSR count). The first kappa shape index (κ1) is 10.1. The molecular formula is C14H24O. The first-order valence-corrected chi connectivity index (χ1v) is 6.71. The Morgan fingerprint density at radius 3 is 2.27 bits per heavy atom. The number of aliphatic hydroxyl groups is 1. The highest BCUT2D eigenvalue weighted by molar-refractivity contribution is 5.09. The highest BCUT2D eigenvalue weighted by Gasteiger charge is 2.60. The van der Waals surface area contributed by atoms with Gasteiger partial charge in [-0.25, -0.2) is 0 Å². The lowest BCUT2D eigenvalue weighted by atomic mass is 9.40. The van der Waals surface area contributed by atoms with E-state index in [9.17, 15) is 5.11 Å². The number of rotatable bonds is 2. The molecule has 3 atom stereocenters. The fourth-order valence-corrected chi connectivity index (χ4v) is 4.82. The fourth-order valence-electron chi connectivity index (χ4n) is 4.82. The summed E-state index contributed by atoms with van der Waals surface area (Å²) in [6.45, 7) is 5.37. The molecule has 0 aromatic rings. The quantitative estimate of drug-likeness (QED) is 0.738. The molecule has 0 heterocycles. The summed E-state index contributed by atoms with van der Waals surface area (Å²) in [4.78, 5) is 0. The van der Waals surface area contributed by atoms with Crippen LogP contribution in [0.15, 0.2) is 0 Å². The molecule has 0 spiro atoms. The lowest BCUT2D eigenvalue weighted by Gasteiger charge is -2.65. The average Bonchev–Trinajstić information content (AvgIpc) is 2.17. The molecule has 0 aromatic carbocycles. The summed E-state index contributed by atoms with van der Waals surface area (Å²) in [6, 6.07) is 0. The molecule has 0 aromatic heterocycles. The van der Waals surface area contributed by atoms with Crippen LogP contribution < -0.4 is 0 Å². The van der Waals surface area contributed by atoms with Crippen molar-refractivity contribution in [3.05, 3.63) is 0 Å². The van der Waals surface area contributed by atoms with E-state index in [-0.39, 0.29) is 0 Å². The Kier molecular flexibility index (Phi) is 2.03. The van der Waals surface area contributed by atoms with Crippen molar-refractivity contribution in [2.24, 2.45) is 28.6 Å². The highest BCUT2D eigenvalue weighted by Crippen LogP contribution is 2.67. The van der Waals surface area contributed by atoms with Gasteiger partial charge >= 0.3 is 0 Å². The maximum Gasteiger partial charge on any atom is 0.0490 e. The second-order valence-electron chi connectivity index (χ2n) is 6.92. The fraction of sp³-hybridized carbons (Fsp3) is 1.00. The van der Waals surface area contributed by atoms with Crippen LogP contribution in [0.2, 0.25) is 0 Å². The summed E-state index contributed by atoms with van der Waals surface area (Å²) in [5.74, 6) is 2.76. The van der Waals surface area contributed by atoms with Crippen molar-refractivity contribution in [2.45, 2.75) is 52.4 Å². The minimum atomic E-state index is 0.354. The summed E-state index contributed by atoms with van der Waals surface area (Å²) < 4.78 is 0. The number of fused-ring (bicyclic) bond motifs is 2. The molecule has 86 valence electrons. The van der Waals surface area contributed by atoms with Crippen molar-refractivity contribution >= 4 is 0 Å². The third-order valence-corrected chi connectivity index (χ3v) is 6.31. The largest absolute Gasteiger partial charge is 0.396 e. The Bertz CT molecular complexity index is 257. The summed E-state index contributed by atoms with van der Waals surface area (Å²) in [6.07, 6.45) is 8.24. The first-order chi connectivity index (χ1) is 7.10. The van der Waals surface area contributed by atoms with Gasteiger partial charge in [0.05, 0.1) is 0 Å². The molecule has 4 aliphatic rings. The van der Waals surface area contributed by atoms with Gasteiger partial charge in [0.2, 0.25) is 0 Å². The van der Waals surface area contributed by atoms with Gasteiger partial charge in [-0.2, -0.15) is 0 Å². The second-order valence-corrected chi connectivity index (χ2v) is 6.92. The van der Waals surface area contributed by atoms with E-state index in [2.05, 4.69) is 13.8 Å². The molecule has 0 amide bonds. The van der Waals surface area contributed by atoms with Crippen LogP contribution in [-0.4, -0.2) is 11.7 Å². The van der Waals surface area contributed by atoms with Gasteiger partial charge in [0.15, 0.2) is 0 Å². The molecule has 0 saturated heterocycles. The molecule has 15 heavy (non-hydrogen) atoms. The van der Waals surface area contributed by atoms with Gasteiger partial charge in [-0.15, -0.1) is 0 Å². The molecular weight excluding hydrogens is 184 g/mol. The minimum absolute atomic E-state index is 0.354. The molecule has 2 bridgehead atoms. The SMILES string of the molecule is CC1(C)C2CCC(C3(CO)CCC3)C1C2. The normalized spacial score (nSPS) is 45.4. The van der Waals surface area contributed by atoms with Crippen LogP contribution in [0.3, 0.4) is 0 Å². The van der Waals surface area contributed by atoms with Crippen molar-refractivity contribution in [3.8, 4) is 0 Å². The Morgan fingerprint density at radius 1 is 1.13 bits per heavy atom. The number of hydrogen-bond donors (Lipinski definition) is 1. The van der Waals surface area contributed by atoms with Crippen LogP contribution in [0.4, 0.5) is 0 Å². The summed E-state index contributed by atoms with van der Waals surface area (Å²) in [5, 5.41) is 9.69. The van der Waals surface area contributed by atoms with Crippen molar-refractivity contribution in [2.75, 3.05) is 6.61 Å². The molecule has 1 heteroatoms. The van der Waals surface area contributed by atoms with E-state index in [1.165, 1.54) is 38.5 Å². The maximum absolute atomic E-state index is 9.69. The minimum Gasteiger partial charge on any atom is -0.396 e. The van der Waals surface area contributed by atoms with E-state index in [0.29, 0.717) is 17.4 Å². The summed E-state index contributed by atoms with van der Waals surface area (Å²) in [5.41, 5.74) is 0.938. The van der Waals surface area contributed by atoms with E-state index >= 15 is 0 Å². The van der Waals surface area contributed by atoms with Gasteiger partial charge in [-0.3, -0.25) is 0 Å². The summed E-state index contributed by atoms with van der Waals surface area (Å²) >= 11 is 0. The molecule has 4 aliphatic carbocycles. The van der Waals surface area contributed by atoms with Crippen molar-refractivity contribution in [1.82, 2.24) is 0 Å². The highest BCUT2D eigenvalue weighted by atomic mass is 16.3. The Morgan fingerprint density at radius 2 is 1.87 bits per heavy atom. The Hall–Kier alpha value is -0.0400. The smallest absolute Gasteiger partial charge is 0.0490 e. The van der Waals surface area contributed by atoms with Gasteiger partial charge < -0.3 is 5.11 Å². The van der Waals surface area contributed by atoms with Gasteiger partial charge in [0.1, 0.15) is 0 Å².